The molecule has 3 unspecified atom stereocenters. The number of aromatic nitrogens is 1. The van der Waals surface area contributed by atoms with Gasteiger partial charge in [0.25, 0.3) is 0 Å². The van der Waals surface area contributed by atoms with Crippen molar-refractivity contribution < 1.29 is 23.9 Å². The number of morpholine rings is 1. The highest BCUT2D eigenvalue weighted by Crippen LogP contribution is 2.38. The summed E-state index contributed by atoms with van der Waals surface area (Å²) in [4.78, 5) is 45.1. The Morgan fingerprint density at radius 2 is 2.09 bits per heavy atom. The van der Waals surface area contributed by atoms with Gasteiger partial charge in [-0.1, -0.05) is 6.07 Å². The summed E-state index contributed by atoms with van der Waals surface area (Å²) >= 11 is 0. The molecule has 3 heterocycles. The number of carbonyl (C=O) groups excluding carboxylic acids is 3. The number of amides is 2. The van der Waals surface area contributed by atoms with Crippen LogP contribution >= 0.6 is 0 Å². The topological polar surface area (TPSA) is 89.0 Å². The van der Waals surface area contributed by atoms with E-state index in [1.54, 1.807) is 48.3 Å². The molecular formula is C25H29N3O5. The molecule has 0 radical (unpaired) electrons. The molecule has 3 atom stereocenters. The first kappa shape index (κ1) is 22.9. The lowest BCUT2D eigenvalue weighted by atomic mass is 9.93. The number of Topliss-reactive ketones (excluding diaryl/α,β-unsaturated/α-hetero) is 1. The second-order valence-corrected chi connectivity index (χ2v) is 8.67. The van der Waals surface area contributed by atoms with E-state index in [0.29, 0.717) is 31.0 Å². The molecule has 1 aromatic carbocycles. The maximum Gasteiger partial charge on any atom is 0.228 e. The van der Waals surface area contributed by atoms with Gasteiger partial charge in [0.1, 0.15) is 18.5 Å². The Labute approximate surface area is 193 Å². The van der Waals surface area contributed by atoms with Crippen LogP contribution in [0.3, 0.4) is 0 Å². The second-order valence-electron chi connectivity index (χ2n) is 8.67. The number of benzene rings is 1. The van der Waals surface area contributed by atoms with Crippen molar-refractivity contribution in [3.05, 3.63) is 59.4 Å². The lowest BCUT2D eigenvalue weighted by Gasteiger charge is -2.35. The van der Waals surface area contributed by atoms with Crippen LogP contribution in [-0.2, 0) is 14.3 Å². The third-order valence-corrected chi connectivity index (χ3v) is 6.39. The predicted molar refractivity (Wildman–Crippen MR) is 121 cm³/mol. The molecule has 2 aromatic rings. The Bertz CT molecular complexity index is 1040. The molecule has 2 saturated heterocycles. The fourth-order valence-electron chi connectivity index (χ4n) is 4.66. The maximum atomic E-state index is 13.4. The first-order valence-corrected chi connectivity index (χ1v) is 11.2. The highest BCUT2D eigenvalue weighted by atomic mass is 16.5. The van der Waals surface area contributed by atoms with E-state index in [2.05, 4.69) is 4.98 Å². The molecular weight excluding hydrogens is 422 g/mol. The van der Waals surface area contributed by atoms with Gasteiger partial charge < -0.3 is 19.3 Å². The third-order valence-electron chi connectivity index (χ3n) is 6.39. The Kier molecular flexibility index (Phi) is 6.74. The molecule has 8 heteroatoms. The van der Waals surface area contributed by atoms with Crippen molar-refractivity contribution in [2.45, 2.75) is 32.4 Å². The van der Waals surface area contributed by atoms with E-state index in [0.717, 1.165) is 11.1 Å². The average Bonchev–Trinajstić information content (AvgIpc) is 3.12. The summed E-state index contributed by atoms with van der Waals surface area (Å²) in [6, 6.07) is 8.77. The number of ketones is 1. The van der Waals surface area contributed by atoms with E-state index < -0.39 is 5.92 Å². The lowest BCUT2D eigenvalue weighted by Crippen LogP contribution is -2.50. The van der Waals surface area contributed by atoms with Crippen molar-refractivity contribution in [2.24, 2.45) is 5.92 Å². The second kappa shape index (κ2) is 9.70. The van der Waals surface area contributed by atoms with Crippen LogP contribution in [0.25, 0.3) is 0 Å². The van der Waals surface area contributed by atoms with Gasteiger partial charge in [0.2, 0.25) is 11.8 Å². The zero-order chi connectivity index (χ0) is 23.5. The van der Waals surface area contributed by atoms with Crippen molar-refractivity contribution in [1.82, 2.24) is 14.8 Å². The lowest BCUT2D eigenvalue weighted by molar-refractivity contribution is -0.145. The average molecular weight is 452 g/mol. The van der Waals surface area contributed by atoms with E-state index in [-0.39, 0.29) is 42.8 Å². The van der Waals surface area contributed by atoms with Crippen molar-refractivity contribution in [3.8, 4) is 5.75 Å². The van der Waals surface area contributed by atoms with Crippen molar-refractivity contribution in [2.75, 3.05) is 33.4 Å². The number of nitrogens with zero attached hydrogens (tertiary/aromatic N) is 3. The van der Waals surface area contributed by atoms with Gasteiger partial charge in [-0.05, 0) is 49.2 Å². The number of aryl methyl sites for hydroxylation is 1. The van der Waals surface area contributed by atoms with Crippen LogP contribution in [0.2, 0.25) is 0 Å². The number of hydrogen-bond acceptors (Lipinski definition) is 6. The Balaban J connectivity index is 1.40. The van der Waals surface area contributed by atoms with Crippen molar-refractivity contribution in [1.29, 1.82) is 0 Å². The summed E-state index contributed by atoms with van der Waals surface area (Å²) in [7, 11) is 1.74. The molecule has 0 bridgehead atoms. The number of pyridine rings is 1. The molecule has 2 aliphatic rings. The van der Waals surface area contributed by atoms with Crippen LogP contribution < -0.4 is 4.74 Å². The van der Waals surface area contributed by atoms with Crippen LogP contribution in [0.15, 0.2) is 42.7 Å². The normalized spacial score (nSPS) is 23.0. The fraction of sp³-hybridized carbons (Fsp3) is 0.440. The number of carbonyl (C=O) groups is 3. The van der Waals surface area contributed by atoms with E-state index >= 15 is 0 Å². The Morgan fingerprint density at radius 3 is 2.79 bits per heavy atom. The molecule has 0 spiro atoms. The minimum absolute atomic E-state index is 0.0180. The molecule has 0 aliphatic carbocycles. The maximum absolute atomic E-state index is 13.4. The summed E-state index contributed by atoms with van der Waals surface area (Å²) in [5.41, 5.74) is 2.40. The molecule has 0 N–H and O–H groups in total. The van der Waals surface area contributed by atoms with Gasteiger partial charge >= 0.3 is 0 Å². The first-order valence-electron chi connectivity index (χ1n) is 11.2. The monoisotopic (exact) mass is 451 g/mol. The van der Waals surface area contributed by atoms with Crippen molar-refractivity contribution in [3.63, 3.8) is 0 Å². The smallest absolute Gasteiger partial charge is 0.228 e. The minimum atomic E-state index is -0.451. The zero-order valence-electron chi connectivity index (χ0n) is 19.2. The fourth-order valence-corrected chi connectivity index (χ4v) is 4.66. The van der Waals surface area contributed by atoms with Crippen LogP contribution in [0.4, 0.5) is 0 Å². The largest absolute Gasteiger partial charge is 0.491 e. The molecule has 2 fully saturated rings. The number of ether oxygens (including phenoxy) is 2. The molecule has 2 amide bonds. The molecule has 4 rings (SSSR count). The van der Waals surface area contributed by atoms with Crippen LogP contribution in [0.5, 0.6) is 5.75 Å². The molecule has 2 aliphatic heterocycles. The van der Waals surface area contributed by atoms with Crippen LogP contribution in [0, 0.1) is 12.8 Å². The van der Waals surface area contributed by atoms with Crippen molar-refractivity contribution >= 4 is 17.6 Å². The van der Waals surface area contributed by atoms with E-state index in [1.807, 2.05) is 25.1 Å². The van der Waals surface area contributed by atoms with Crippen LogP contribution in [0.1, 0.15) is 40.9 Å². The van der Waals surface area contributed by atoms with E-state index in [1.165, 1.54) is 0 Å². The summed E-state index contributed by atoms with van der Waals surface area (Å²) in [6.07, 6.45) is 3.31. The van der Waals surface area contributed by atoms with E-state index in [4.69, 9.17) is 9.47 Å². The Hall–Kier alpha value is -3.26. The number of rotatable bonds is 6. The van der Waals surface area contributed by atoms with Gasteiger partial charge in [-0.3, -0.25) is 19.4 Å². The third kappa shape index (κ3) is 4.90. The van der Waals surface area contributed by atoms with Gasteiger partial charge in [0.05, 0.1) is 25.1 Å². The van der Waals surface area contributed by atoms with Gasteiger partial charge in [-0.2, -0.15) is 0 Å². The summed E-state index contributed by atoms with van der Waals surface area (Å²) in [5, 5.41) is 0. The van der Waals surface area contributed by atoms with E-state index in [9.17, 15) is 14.4 Å². The van der Waals surface area contributed by atoms with Gasteiger partial charge in [0, 0.05) is 38.0 Å². The molecule has 1 aromatic heterocycles. The Morgan fingerprint density at radius 1 is 1.27 bits per heavy atom. The zero-order valence-corrected chi connectivity index (χ0v) is 19.2. The molecule has 174 valence electrons. The molecule has 33 heavy (non-hydrogen) atoms. The predicted octanol–water partition coefficient (Wildman–Crippen LogP) is 2.42. The first-order chi connectivity index (χ1) is 15.8. The molecule has 0 saturated carbocycles. The standard InChI is InChI=1S/C25H29N3O5/c1-16-11-19(6-7-21(16)17(2)29)33-15-20-14-28(9-10-32-20)25(31)22-12-23(30)27(3)24(22)18-5-4-8-26-13-18/h4-8,11,13,20,22,24H,9-10,12,14-15H2,1-3H3. The summed E-state index contributed by atoms with van der Waals surface area (Å²) in [6.45, 7) is 5.00. The summed E-state index contributed by atoms with van der Waals surface area (Å²) < 4.78 is 11.7. The summed E-state index contributed by atoms with van der Waals surface area (Å²) in [5.74, 6) is 0.137. The number of likely N-dealkylation sites (tertiary alicyclic amines) is 1. The number of hydrogen-bond donors (Lipinski definition) is 0. The highest BCUT2D eigenvalue weighted by molar-refractivity contribution is 5.95. The SMILES string of the molecule is CC(=O)c1ccc(OCC2CN(C(=O)C3CC(=O)N(C)C3c3cccnc3)CCO2)cc1C. The quantitative estimate of drug-likeness (QED) is 0.627. The highest BCUT2D eigenvalue weighted by Gasteiger charge is 2.45. The van der Waals surface area contributed by atoms with Gasteiger partial charge in [0.15, 0.2) is 5.78 Å². The van der Waals surface area contributed by atoms with Crippen LogP contribution in [-0.4, -0.2) is 71.8 Å². The van der Waals surface area contributed by atoms with Gasteiger partial charge in [-0.15, -0.1) is 0 Å². The molecule has 8 nitrogen and oxygen atoms in total. The van der Waals surface area contributed by atoms with Gasteiger partial charge in [-0.25, -0.2) is 0 Å². The minimum Gasteiger partial charge on any atom is -0.491 e.